The molecule has 3 aromatic carbocycles. The molecule has 6 heteroatoms. The molecule has 0 aliphatic carbocycles. The van der Waals surface area contributed by atoms with Gasteiger partial charge in [-0.25, -0.2) is 0 Å². The first-order valence-corrected chi connectivity index (χ1v) is 9.07. The minimum absolute atomic E-state index is 0.216. The third-order valence-electron chi connectivity index (χ3n) is 4.57. The Labute approximate surface area is 166 Å². The van der Waals surface area contributed by atoms with Crippen molar-refractivity contribution in [1.29, 1.82) is 0 Å². The first kappa shape index (κ1) is 16.9. The van der Waals surface area contributed by atoms with E-state index in [0.717, 1.165) is 21.7 Å². The van der Waals surface area contributed by atoms with Crippen LogP contribution >= 0.6 is 0 Å². The standard InChI is InChI=1S/C23H16N4O2/c24-20-22(28-18-11-3-7-15-6-1-2-10-17(15)18)26-14-27-23(20)29-19-12-4-8-16-9-5-13-25-21(16)19/h1-14H,24H2. The van der Waals surface area contributed by atoms with Gasteiger partial charge in [0, 0.05) is 17.0 Å². The van der Waals surface area contributed by atoms with Crippen LogP contribution in [0, 0.1) is 0 Å². The van der Waals surface area contributed by atoms with Crippen molar-refractivity contribution in [2.75, 3.05) is 5.73 Å². The predicted molar refractivity (Wildman–Crippen MR) is 112 cm³/mol. The van der Waals surface area contributed by atoms with E-state index in [4.69, 9.17) is 15.2 Å². The number of nitrogens with two attached hydrogens (primary N) is 1. The van der Waals surface area contributed by atoms with E-state index >= 15 is 0 Å². The Kier molecular flexibility index (Phi) is 4.14. The van der Waals surface area contributed by atoms with Crippen molar-refractivity contribution in [3.63, 3.8) is 0 Å². The SMILES string of the molecule is Nc1c(Oc2cccc3ccccc23)ncnc1Oc1cccc2cccnc12. The minimum atomic E-state index is 0.216. The summed E-state index contributed by atoms with van der Waals surface area (Å²) in [5.41, 5.74) is 7.21. The quantitative estimate of drug-likeness (QED) is 0.453. The van der Waals surface area contributed by atoms with E-state index in [1.54, 1.807) is 6.20 Å². The van der Waals surface area contributed by atoms with Crippen molar-refractivity contribution in [3.05, 3.63) is 85.3 Å². The highest BCUT2D eigenvalue weighted by Crippen LogP contribution is 2.37. The van der Waals surface area contributed by atoms with E-state index in [-0.39, 0.29) is 17.4 Å². The number of hydrogen-bond acceptors (Lipinski definition) is 6. The molecule has 6 nitrogen and oxygen atoms in total. The fraction of sp³-hybridized carbons (Fsp3) is 0. The Hall–Kier alpha value is -4.19. The van der Waals surface area contributed by atoms with Gasteiger partial charge in [0.05, 0.1) is 0 Å². The molecular formula is C23H16N4O2. The molecule has 2 N–H and O–H groups in total. The maximum atomic E-state index is 6.27. The minimum Gasteiger partial charge on any atom is -0.436 e. The molecule has 0 saturated heterocycles. The molecular weight excluding hydrogens is 364 g/mol. The number of rotatable bonds is 4. The molecule has 0 spiro atoms. The summed E-state index contributed by atoms with van der Waals surface area (Å²) < 4.78 is 12.0. The summed E-state index contributed by atoms with van der Waals surface area (Å²) in [4.78, 5) is 12.8. The third-order valence-corrected chi connectivity index (χ3v) is 4.57. The van der Waals surface area contributed by atoms with Gasteiger partial charge in [-0.15, -0.1) is 0 Å². The summed E-state index contributed by atoms with van der Waals surface area (Å²) in [6.07, 6.45) is 3.08. The van der Waals surface area contributed by atoms with Gasteiger partial charge in [-0.2, -0.15) is 9.97 Å². The molecule has 0 radical (unpaired) electrons. The Balaban J connectivity index is 1.52. The van der Waals surface area contributed by atoms with Gasteiger partial charge in [-0.3, -0.25) is 4.98 Å². The van der Waals surface area contributed by atoms with Crippen molar-refractivity contribution in [3.8, 4) is 23.3 Å². The summed E-state index contributed by atoms with van der Waals surface area (Å²) in [7, 11) is 0. The van der Waals surface area contributed by atoms with Gasteiger partial charge in [-0.1, -0.05) is 54.6 Å². The van der Waals surface area contributed by atoms with Crippen LogP contribution in [0.4, 0.5) is 5.69 Å². The maximum Gasteiger partial charge on any atom is 0.249 e. The molecule has 0 aliphatic heterocycles. The fourth-order valence-corrected chi connectivity index (χ4v) is 3.18. The average Bonchev–Trinajstić information content (AvgIpc) is 2.77. The highest BCUT2D eigenvalue weighted by Gasteiger charge is 2.15. The number of anilines is 1. The molecule has 0 fully saturated rings. The molecule has 0 amide bonds. The zero-order chi connectivity index (χ0) is 19.6. The van der Waals surface area contributed by atoms with E-state index in [2.05, 4.69) is 15.0 Å². The molecule has 5 rings (SSSR count). The van der Waals surface area contributed by atoms with Crippen LogP contribution in [0.25, 0.3) is 21.7 Å². The number of pyridine rings is 1. The highest BCUT2D eigenvalue weighted by molar-refractivity contribution is 5.88. The van der Waals surface area contributed by atoms with Gasteiger partial charge in [0.15, 0.2) is 11.4 Å². The topological polar surface area (TPSA) is 83.2 Å². The third kappa shape index (κ3) is 3.17. The van der Waals surface area contributed by atoms with Gasteiger partial charge in [0.25, 0.3) is 0 Å². The Morgan fingerprint density at radius 3 is 2.14 bits per heavy atom. The number of nitrogens with zero attached hydrogens (tertiary/aromatic N) is 3. The fourth-order valence-electron chi connectivity index (χ4n) is 3.18. The largest absolute Gasteiger partial charge is 0.436 e. The summed E-state index contributed by atoms with van der Waals surface area (Å²) in [6, 6.07) is 23.3. The molecule has 0 bridgehead atoms. The van der Waals surface area contributed by atoms with Crippen molar-refractivity contribution >= 4 is 27.4 Å². The van der Waals surface area contributed by atoms with Crippen molar-refractivity contribution in [1.82, 2.24) is 15.0 Å². The molecule has 140 valence electrons. The smallest absolute Gasteiger partial charge is 0.249 e. The number of benzene rings is 3. The Morgan fingerprint density at radius 2 is 1.28 bits per heavy atom. The Morgan fingerprint density at radius 1 is 0.621 bits per heavy atom. The van der Waals surface area contributed by atoms with Crippen LogP contribution in [0.3, 0.4) is 0 Å². The van der Waals surface area contributed by atoms with Crippen LogP contribution < -0.4 is 15.2 Å². The van der Waals surface area contributed by atoms with Crippen LogP contribution in [0.15, 0.2) is 85.3 Å². The molecule has 2 heterocycles. The van der Waals surface area contributed by atoms with Crippen LogP contribution in [-0.2, 0) is 0 Å². The normalized spacial score (nSPS) is 10.9. The second-order valence-corrected chi connectivity index (χ2v) is 6.41. The lowest BCUT2D eigenvalue weighted by atomic mass is 10.1. The van der Waals surface area contributed by atoms with E-state index in [1.165, 1.54) is 6.33 Å². The van der Waals surface area contributed by atoms with E-state index < -0.39 is 0 Å². The highest BCUT2D eigenvalue weighted by atomic mass is 16.5. The number of hydrogen-bond donors (Lipinski definition) is 1. The first-order chi connectivity index (χ1) is 14.3. The van der Waals surface area contributed by atoms with Crippen molar-refractivity contribution < 1.29 is 9.47 Å². The number of aromatic nitrogens is 3. The van der Waals surface area contributed by atoms with Gasteiger partial charge >= 0.3 is 0 Å². The molecule has 0 atom stereocenters. The second kappa shape index (κ2) is 7.09. The van der Waals surface area contributed by atoms with Gasteiger partial charge in [0.2, 0.25) is 11.8 Å². The zero-order valence-electron chi connectivity index (χ0n) is 15.3. The number of fused-ring (bicyclic) bond motifs is 2. The van der Waals surface area contributed by atoms with Crippen LogP contribution in [0.2, 0.25) is 0 Å². The van der Waals surface area contributed by atoms with Crippen molar-refractivity contribution in [2.45, 2.75) is 0 Å². The summed E-state index contributed by atoms with van der Waals surface area (Å²) in [6.45, 7) is 0. The first-order valence-electron chi connectivity index (χ1n) is 9.07. The maximum absolute atomic E-state index is 6.27. The van der Waals surface area contributed by atoms with Gasteiger partial charge in [0.1, 0.15) is 17.6 Å². The van der Waals surface area contributed by atoms with E-state index in [0.29, 0.717) is 11.5 Å². The van der Waals surface area contributed by atoms with E-state index in [1.807, 2.05) is 72.8 Å². The molecule has 0 aliphatic rings. The monoisotopic (exact) mass is 380 g/mol. The second-order valence-electron chi connectivity index (χ2n) is 6.41. The molecule has 5 aromatic rings. The van der Waals surface area contributed by atoms with Crippen molar-refractivity contribution in [2.24, 2.45) is 0 Å². The lowest BCUT2D eigenvalue weighted by Gasteiger charge is -2.13. The zero-order valence-corrected chi connectivity index (χ0v) is 15.3. The molecule has 2 aromatic heterocycles. The van der Waals surface area contributed by atoms with Crippen LogP contribution in [0.5, 0.6) is 23.3 Å². The van der Waals surface area contributed by atoms with Crippen LogP contribution in [0.1, 0.15) is 0 Å². The summed E-state index contributed by atoms with van der Waals surface area (Å²) in [5, 5.41) is 2.99. The molecule has 0 saturated carbocycles. The van der Waals surface area contributed by atoms with Crippen LogP contribution in [-0.4, -0.2) is 15.0 Å². The number of ether oxygens (including phenoxy) is 2. The van der Waals surface area contributed by atoms with Gasteiger partial charge < -0.3 is 15.2 Å². The summed E-state index contributed by atoms with van der Waals surface area (Å²) in [5.74, 6) is 1.67. The predicted octanol–water partition coefficient (Wildman–Crippen LogP) is 5.34. The molecule has 29 heavy (non-hydrogen) atoms. The van der Waals surface area contributed by atoms with E-state index in [9.17, 15) is 0 Å². The molecule has 0 unspecified atom stereocenters. The Bertz CT molecular complexity index is 1230. The lowest BCUT2D eigenvalue weighted by molar-refractivity contribution is 0.443. The average molecular weight is 380 g/mol. The number of para-hydroxylation sites is 1. The summed E-state index contributed by atoms with van der Waals surface area (Å²) >= 11 is 0. The van der Waals surface area contributed by atoms with Gasteiger partial charge in [-0.05, 0) is 23.6 Å². The lowest BCUT2D eigenvalue weighted by Crippen LogP contribution is -2.01. The number of nitrogen functional groups attached to an aromatic ring is 1.